The summed E-state index contributed by atoms with van der Waals surface area (Å²) in [5.74, 6) is 0.162. The van der Waals surface area contributed by atoms with Crippen molar-refractivity contribution in [2.45, 2.75) is 33.3 Å². The highest BCUT2D eigenvalue weighted by atomic mass is 32.2. The number of fused-ring (bicyclic) bond motifs is 1. The molecule has 7 heteroatoms. The van der Waals surface area contributed by atoms with Crippen LogP contribution in [0.4, 0.5) is 5.69 Å². The molecule has 34 heavy (non-hydrogen) atoms. The van der Waals surface area contributed by atoms with Crippen molar-refractivity contribution in [3.63, 3.8) is 0 Å². The number of esters is 1. The zero-order valence-corrected chi connectivity index (χ0v) is 20.3. The lowest BCUT2D eigenvalue weighted by Gasteiger charge is -2.25. The van der Waals surface area contributed by atoms with Crippen molar-refractivity contribution in [1.82, 2.24) is 0 Å². The second kappa shape index (κ2) is 9.27. The molecule has 4 aromatic rings. The summed E-state index contributed by atoms with van der Waals surface area (Å²) in [6.45, 7) is 7.21. The molecule has 0 N–H and O–H groups in total. The zero-order valence-electron chi connectivity index (χ0n) is 19.5. The highest BCUT2D eigenvalue weighted by Crippen LogP contribution is 2.42. The van der Waals surface area contributed by atoms with Gasteiger partial charge in [-0.2, -0.15) is 0 Å². The van der Waals surface area contributed by atoms with Crippen molar-refractivity contribution < 1.29 is 19.2 Å². The lowest BCUT2D eigenvalue weighted by molar-refractivity contribution is -0.384. The Morgan fingerprint density at radius 3 is 2.29 bits per heavy atom. The molecular weight excluding hydrogens is 450 g/mol. The van der Waals surface area contributed by atoms with E-state index < -0.39 is 16.5 Å². The standard InChI is InChI=1S/C27H26NO5S/c1-18-15-23(34-14-13-20-7-5-6-8-24(20)34)16-19(2)26(18)32-17-25(29)33-27(3,4)21-9-11-22(12-10-21)28(30)31/h5-16H,17H2,1-4H3/q+1. The SMILES string of the molecule is Cc1cc(-[s+]2ccc3ccccc32)cc(C)c1OCC(=O)OC(C)(C)c1ccc([N+](=O)[O-])cc1. The van der Waals surface area contributed by atoms with Crippen molar-refractivity contribution in [1.29, 1.82) is 0 Å². The van der Waals surface area contributed by atoms with E-state index in [0.29, 0.717) is 11.3 Å². The summed E-state index contributed by atoms with van der Waals surface area (Å²) in [4.78, 5) is 24.2. The Balaban J connectivity index is 1.46. The molecule has 1 aromatic heterocycles. The van der Waals surface area contributed by atoms with E-state index in [0.717, 1.165) is 11.1 Å². The maximum atomic E-state index is 12.6. The molecular formula is C27H26NO5S+. The van der Waals surface area contributed by atoms with Crippen LogP contribution < -0.4 is 4.74 Å². The number of carbonyl (C=O) groups is 1. The number of nitrogens with zero attached hydrogens (tertiary/aromatic N) is 1. The zero-order chi connectivity index (χ0) is 24.5. The van der Waals surface area contributed by atoms with Crippen molar-refractivity contribution >= 4 is 32.2 Å². The third kappa shape index (κ3) is 4.79. The number of nitro groups is 1. The van der Waals surface area contributed by atoms with Crippen LogP contribution in [-0.2, 0) is 15.1 Å². The Labute approximate surface area is 200 Å². The van der Waals surface area contributed by atoms with Crippen LogP contribution in [0.5, 0.6) is 5.75 Å². The number of ether oxygens (including phenoxy) is 2. The minimum Gasteiger partial charge on any atom is -0.481 e. The summed E-state index contributed by atoms with van der Waals surface area (Å²) >= 11 is 0. The fraction of sp³-hybridized carbons (Fsp3) is 0.222. The lowest BCUT2D eigenvalue weighted by atomic mass is 9.98. The van der Waals surface area contributed by atoms with Gasteiger partial charge in [-0.15, -0.1) is 0 Å². The minimum atomic E-state index is -0.952. The van der Waals surface area contributed by atoms with E-state index in [1.54, 1.807) is 26.0 Å². The number of nitro benzene ring substituents is 1. The molecule has 1 heterocycles. The number of non-ortho nitro benzene ring substituents is 1. The Bertz CT molecular complexity index is 1350. The predicted octanol–water partition coefficient (Wildman–Crippen LogP) is 6.96. The summed E-state index contributed by atoms with van der Waals surface area (Å²) in [7, 11) is -0.116. The average molecular weight is 477 g/mol. The van der Waals surface area contributed by atoms with Gasteiger partial charge in [0.15, 0.2) is 16.2 Å². The Hall–Kier alpha value is -3.71. The van der Waals surface area contributed by atoms with Gasteiger partial charge in [0, 0.05) is 46.2 Å². The Morgan fingerprint density at radius 1 is 1.00 bits per heavy atom. The van der Waals surface area contributed by atoms with Crippen LogP contribution in [0.25, 0.3) is 15.0 Å². The molecule has 3 aromatic carbocycles. The number of hydrogen-bond acceptors (Lipinski definition) is 5. The van der Waals surface area contributed by atoms with E-state index in [-0.39, 0.29) is 22.8 Å². The maximum Gasteiger partial charge on any atom is 0.345 e. The molecule has 0 spiro atoms. The smallest absolute Gasteiger partial charge is 0.345 e. The summed E-state index contributed by atoms with van der Waals surface area (Å²) < 4.78 is 12.8. The molecule has 0 saturated heterocycles. The molecule has 1 atom stereocenters. The van der Waals surface area contributed by atoms with Gasteiger partial charge in [0.25, 0.3) is 5.69 Å². The normalized spacial score (nSPS) is 11.9. The fourth-order valence-corrected chi connectivity index (χ4v) is 6.06. The third-order valence-electron chi connectivity index (χ3n) is 5.70. The van der Waals surface area contributed by atoms with E-state index in [9.17, 15) is 14.9 Å². The lowest BCUT2D eigenvalue weighted by Crippen LogP contribution is -2.28. The second-order valence-corrected chi connectivity index (χ2v) is 10.5. The number of aryl methyl sites for hydroxylation is 2. The van der Waals surface area contributed by atoms with Crippen LogP contribution >= 0.6 is 10.5 Å². The van der Waals surface area contributed by atoms with Crippen molar-refractivity contribution in [3.05, 3.63) is 98.9 Å². The summed E-state index contributed by atoms with van der Waals surface area (Å²) in [5.41, 5.74) is 1.62. The molecule has 0 aliphatic heterocycles. The van der Waals surface area contributed by atoms with Gasteiger partial charge < -0.3 is 9.47 Å². The summed E-state index contributed by atoms with van der Waals surface area (Å²) in [5, 5.41) is 14.3. The van der Waals surface area contributed by atoms with Gasteiger partial charge in [-0.1, -0.05) is 12.1 Å². The Kier molecular flexibility index (Phi) is 6.39. The number of benzene rings is 3. The molecule has 174 valence electrons. The number of thiophene rings is 1. The molecule has 6 nitrogen and oxygen atoms in total. The average Bonchev–Trinajstić information content (AvgIpc) is 3.22. The van der Waals surface area contributed by atoms with E-state index in [4.69, 9.17) is 9.47 Å². The monoisotopic (exact) mass is 476 g/mol. The largest absolute Gasteiger partial charge is 0.481 e. The van der Waals surface area contributed by atoms with Crippen molar-refractivity contribution in [2.24, 2.45) is 0 Å². The van der Waals surface area contributed by atoms with Gasteiger partial charge in [0.2, 0.25) is 0 Å². The van der Waals surface area contributed by atoms with Gasteiger partial charge in [0.05, 0.1) is 4.92 Å². The summed E-state index contributed by atoms with van der Waals surface area (Å²) in [6, 6.07) is 20.8. The quantitative estimate of drug-likeness (QED) is 0.125. The van der Waals surface area contributed by atoms with Gasteiger partial charge >= 0.3 is 5.97 Å². The van der Waals surface area contributed by atoms with E-state index in [2.05, 4.69) is 41.8 Å². The fourth-order valence-electron chi connectivity index (χ4n) is 3.99. The van der Waals surface area contributed by atoms with Crippen LogP contribution in [0.1, 0.15) is 30.5 Å². The molecule has 4 rings (SSSR count). The van der Waals surface area contributed by atoms with E-state index in [1.165, 1.54) is 27.1 Å². The molecule has 0 amide bonds. The number of hydrogen-bond donors (Lipinski definition) is 0. The van der Waals surface area contributed by atoms with Crippen LogP contribution in [0.15, 0.2) is 72.1 Å². The summed E-state index contributed by atoms with van der Waals surface area (Å²) in [6.07, 6.45) is 0. The highest BCUT2D eigenvalue weighted by Gasteiger charge is 2.27. The third-order valence-corrected chi connectivity index (χ3v) is 7.70. The van der Waals surface area contributed by atoms with Crippen LogP contribution in [-0.4, -0.2) is 17.5 Å². The maximum absolute atomic E-state index is 12.6. The highest BCUT2D eigenvalue weighted by molar-refractivity contribution is 7.43. The molecule has 0 fully saturated rings. The second-order valence-electron chi connectivity index (χ2n) is 8.64. The first-order valence-corrected chi connectivity index (χ1v) is 12.2. The van der Waals surface area contributed by atoms with Crippen LogP contribution in [0.3, 0.4) is 0 Å². The van der Waals surface area contributed by atoms with Gasteiger partial charge in [-0.25, -0.2) is 4.79 Å². The first-order valence-electron chi connectivity index (χ1n) is 10.9. The van der Waals surface area contributed by atoms with Gasteiger partial charge in [-0.3, -0.25) is 10.1 Å². The Morgan fingerprint density at radius 2 is 1.65 bits per heavy atom. The van der Waals surface area contributed by atoms with Crippen LogP contribution in [0, 0.1) is 24.0 Å². The molecule has 0 bridgehead atoms. The number of carbonyl (C=O) groups excluding carboxylic acids is 1. The molecule has 0 saturated carbocycles. The van der Waals surface area contributed by atoms with E-state index >= 15 is 0 Å². The first-order chi connectivity index (χ1) is 16.2. The van der Waals surface area contributed by atoms with E-state index in [1.807, 2.05) is 19.9 Å². The van der Waals surface area contributed by atoms with Crippen molar-refractivity contribution in [2.75, 3.05) is 6.61 Å². The van der Waals surface area contributed by atoms with Gasteiger partial charge in [-0.05, 0) is 68.7 Å². The van der Waals surface area contributed by atoms with Crippen molar-refractivity contribution in [3.8, 4) is 10.6 Å². The molecule has 0 radical (unpaired) electrons. The minimum absolute atomic E-state index is 0.0131. The first kappa shape index (κ1) is 23.4. The van der Waals surface area contributed by atoms with Crippen LogP contribution in [0.2, 0.25) is 0 Å². The molecule has 1 unspecified atom stereocenters. The van der Waals surface area contributed by atoms with Gasteiger partial charge in [0.1, 0.15) is 16.7 Å². The number of rotatable bonds is 7. The molecule has 0 aliphatic rings. The topological polar surface area (TPSA) is 78.7 Å². The predicted molar refractivity (Wildman–Crippen MR) is 135 cm³/mol. The molecule has 0 aliphatic carbocycles.